The Labute approximate surface area is 205 Å². The van der Waals surface area contributed by atoms with Crippen molar-refractivity contribution in [1.29, 1.82) is 0 Å². The number of likely N-dealkylation sites (N-methyl/N-ethyl adjacent to an activating group) is 1. The standard InChI is InChI=1S/C24H32BrN3O4S/c1-17(2)14-26-24(30)19(4)28(15-20-8-10-21(25)11-9-20)23(29)16-27(5)33(31,32)22-12-6-18(3)7-13-22/h6-13,17,19H,14-16H2,1-5H3,(H,26,30). The minimum Gasteiger partial charge on any atom is -0.354 e. The highest BCUT2D eigenvalue weighted by Gasteiger charge is 2.30. The van der Waals surface area contributed by atoms with Crippen LogP contribution < -0.4 is 5.32 Å². The number of sulfonamides is 1. The Bertz CT molecular complexity index is 1050. The molecule has 33 heavy (non-hydrogen) atoms. The van der Waals surface area contributed by atoms with Crippen molar-refractivity contribution >= 4 is 37.8 Å². The van der Waals surface area contributed by atoms with Crippen LogP contribution in [0.25, 0.3) is 0 Å². The number of carbonyl (C=O) groups excluding carboxylic acids is 2. The molecule has 0 aliphatic rings. The van der Waals surface area contributed by atoms with Crippen LogP contribution in [0, 0.1) is 12.8 Å². The van der Waals surface area contributed by atoms with Crippen molar-refractivity contribution in [1.82, 2.24) is 14.5 Å². The Balaban J connectivity index is 2.24. The molecule has 2 amide bonds. The van der Waals surface area contributed by atoms with E-state index in [1.165, 1.54) is 24.1 Å². The molecule has 0 bridgehead atoms. The topological polar surface area (TPSA) is 86.8 Å². The molecular formula is C24H32BrN3O4S. The Morgan fingerprint density at radius 1 is 1.00 bits per heavy atom. The second-order valence-corrected chi connectivity index (χ2v) is 11.5. The molecule has 0 fully saturated rings. The van der Waals surface area contributed by atoms with E-state index >= 15 is 0 Å². The van der Waals surface area contributed by atoms with Gasteiger partial charge in [-0.1, -0.05) is 59.6 Å². The van der Waals surface area contributed by atoms with Crippen LogP contribution in [0.4, 0.5) is 0 Å². The Morgan fingerprint density at radius 3 is 2.12 bits per heavy atom. The van der Waals surface area contributed by atoms with E-state index in [0.717, 1.165) is 19.9 Å². The minimum absolute atomic E-state index is 0.116. The number of carbonyl (C=O) groups is 2. The number of nitrogens with zero attached hydrogens (tertiary/aromatic N) is 2. The zero-order chi connectivity index (χ0) is 24.8. The molecule has 2 rings (SSSR count). The first kappa shape index (κ1) is 27.0. The number of hydrogen-bond donors (Lipinski definition) is 1. The number of hydrogen-bond acceptors (Lipinski definition) is 4. The largest absolute Gasteiger partial charge is 0.354 e. The number of benzene rings is 2. The SMILES string of the molecule is Cc1ccc(S(=O)(=O)N(C)CC(=O)N(Cc2ccc(Br)cc2)C(C)C(=O)NCC(C)C)cc1. The average molecular weight is 539 g/mol. The van der Waals surface area contributed by atoms with Crippen LogP contribution in [0.3, 0.4) is 0 Å². The van der Waals surface area contributed by atoms with Crippen LogP contribution in [-0.4, -0.2) is 55.6 Å². The van der Waals surface area contributed by atoms with Crippen molar-refractivity contribution < 1.29 is 18.0 Å². The van der Waals surface area contributed by atoms with Crippen molar-refractivity contribution in [3.05, 3.63) is 64.1 Å². The highest BCUT2D eigenvalue weighted by molar-refractivity contribution is 9.10. The number of amides is 2. The lowest BCUT2D eigenvalue weighted by molar-refractivity contribution is -0.140. The molecule has 7 nitrogen and oxygen atoms in total. The minimum atomic E-state index is -3.85. The van der Waals surface area contributed by atoms with Crippen LogP contribution in [0.1, 0.15) is 31.9 Å². The lowest BCUT2D eigenvalue weighted by Gasteiger charge is -2.30. The maximum atomic E-state index is 13.3. The summed E-state index contributed by atoms with van der Waals surface area (Å²) >= 11 is 3.39. The molecule has 0 aromatic heterocycles. The maximum absolute atomic E-state index is 13.3. The molecule has 0 spiro atoms. The van der Waals surface area contributed by atoms with E-state index in [2.05, 4.69) is 21.2 Å². The fourth-order valence-corrected chi connectivity index (χ4v) is 4.46. The van der Waals surface area contributed by atoms with Crippen molar-refractivity contribution in [2.75, 3.05) is 20.1 Å². The lowest BCUT2D eigenvalue weighted by atomic mass is 10.1. The summed E-state index contributed by atoms with van der Waals surface area (Å²) in [7, 11) is -2.48. The zero-order valence-electron chi connectivity index (χ0n) is 19.7. The fraction of sp³-hybridized carbons (Fsp3) is 0.417. The first-order valence-corrected chi connectivity index (χ1v) is 13.0. The molecule has 1 N–H and O–H groups in total. The van der Waals surface area contributed by atoms with Gasteiger partial charge in [-0.25, -0.2) is 8.42 Å². The third-order valence-corrected chi connectivity index (χ3v) is 7.55. The van der Waals surface area contributed by atoms with Gasteiger partial charge in [0.25, 0.3) is 0 Å². The molecule has 2 aromatic carbocycles. The van der Waals surface area contributed by atoms with Crippen LogP contribution >= 0.6 is 15.9 Å². The summed E-state index contributed by atoms with van der Waals surface area (Å²) in [5, 5.41) is 2.85. The van der Waals surface area contributed by atoms with Crippen molar-refractivity contribution in [3.8, 4) is 0 Å². The average Bonchev–Trinajstić information content (AvgIpc) is 2.76. The second-order valence-electron chi connectivity index (χ2n) is 8.54. The van der Waals surface area contributed by atoms with Gasteiger partial charge in [-0.15, -0.1) is 0 Å². The molecule has 0 heterocycles. The highest BCUT2D eigenvalue weighted by atomic mass is 79.9. The summed E-state index contributed by atoms with van der Waals surface area (Å²) < 4.78 is 27.8. The summed E-state index contributed by atoms with van der Waals surface area (Å²) in [6.07, 6.45) is 0. The van der Waals surface area contributed by atoms with Gasteiger partial charge in [0.2, 0.25) is 21.8 Å². The first-order valence-electron chi connectivity index (χ1n) is 10.8. The van der Waals surface area contributed by atoms with Gasteiger partial charge in [-0.3, -0.25) is 9.59 Å². The predicted octanol–water partition coefficient (Wildman–Crippen LogP) is 3.57. The van der Waals surface area contributed by atoms with Gasteiger partial charge in [-0.2, -0.15) is 4.31 Å². The molecular weight excluding hydrogens is 506 g/mol. The van der Waals surface area contributed by atoms with Gasteiger partial charge < -0.3 is 10.2 Å². The molecule has 0 saturated heterocycles. The quantitative estimate of drug-likeness (QED) is 0.501. The zero-order valence-corrected chi connectivity index (χ0v) is 22.1. The number of aryl methyl sites for hydroxylation is 1. The Morgan fingerprint density at radius 2 is 1.58 bits per heavy atom. The molecule has 0 aliphatic carbocycles. The smallest absolute Gasteiger partial charge is 0.243 e. The van der Waals surface area contributed by atoms with Crippen LogP contribution in [0.5, 0.6) is 0 Å². The molecule has 1 unspecified atom stereocenters. The normalized spacial score (nSPS) is 12.6. The summed E-state index contributed by atoms with van der Waals surface area (Å²) in [5.41, 5.74) is 1.77. The molecule has 180 valence electrons. The van der Waals surface area contributed by atoms with Gasteiger partial charge in [-0.05, 0) is 49.6 Å². The summed E-state index contributed by atoms with van der Waals surface area (Å²) in [6, 6.07) is 13.1. The lowest BCUT2D eigenvalue weighted by Crippen LogP contribution is -2.51. The van der Waals surface area contributed by atoms with Gasteiger partial charge in [0.15, 0.2) is 0 Å². The number of rotatable bonds is 10. The van der Waals surface area contributed by atoms with Crippen LogP contribution in [-0.2, 0) is 26.2 Å². The summed E-state index contributed by atoms with van der Waals surface area (Å²) in [5.74, 6) is -0.468. The summed E-state index contributed by atoms with van der Waals surface area (Å²) in [4.78, 5) is 27.5. The Hall–Kier alpha value is -2.23. The Kier molecular flexibility index (Phi) is 9.63. The first-order chi connectivity index (χ1) is 15.4. The van der Waals surface area contributed by atoms with Crippen molar-refractivity contribution in [2.45, 2.75) is 45.2 Å². The monoisotopic (exact) mass is 537 g/mol. The second kappa shape index (κ2) is 11.8. The number of nitrogens with one attached hydrogen (secondary N) is 1. The van der Waals surface area contributed by atoms with E-state index in [1.54, 1.807) is 19.1 Å². The maximum Gasteiger partial charge on any atom is 0.243 e. The van der Waals surface area contributed by atoms with Crippen LogP contribution in [0.15, 0.2) is 57.9 Å². The van der Waals surface area contributed by atoms with E-state index in [-0.39, 0.29) is 29.8 Å². The fourth-order valence-electron chi connectivity index (χ4n) is 3.08. The van der Waals surface area contributed by atoms with Gasteiger partial charge in [0, 0.05) is 24.6 Å². The van der Waals surface area contributed by atoms with E-state index in [0.29, 0.717) is 6.54 Å². The molecule has 0 saturated carbocycles. The highest BCUT2D eigenvalue weighted by Crippen LogP contribution is 2.17. The van der Waals surface area contributed by atoms with E-state index < -0.39 is 22.0 Å². The molecule has 9 heteroatoms. The molecule has 0 radical (unpaired) electrons. The molecule has 2 aromatic rings. The van der Waals surface area contributed by atoms with E-state index in [1.807, 2.05) is 45.0 Å². The van der Waals surface area contributed by atoms with Crippen LogP contribution in [0.2, 0.25) is 0 Å². The van der Waals surface area contributed by atoms with E-state index in [9.17, 15) is 18.0 Å². The third-order valence-electron chi connectivity index (χ3n) is 5.21. The molecule has 1 atom stereocenters. The summed E-state index contributed by atoms with van der Waals surface area (Å²) in [6.45, 7) is 7.79. The van der Waals surface area contributed by atoms with E-state index in [4.69, 9.17) is 0 Å². The number of halogens is 1. The third kappa shape index (κ3) is 7.65. The van der Waals surface area contributed by atoms with Crippen molar-refractivity contribution in [3.63, 3.8) is 0 Å². The predicted molar refractivity (Wildman–Crippen MR) is 133 cm³/mol. The molecule has 0 aliphatic heterocycles. The van der Waals surface area contributed by atoms with Gasteiger partial charge in [0.05, 0.1) is 11.4 Å². The van der Waals surface area contributed by atoms with Gasteiger partial charge in [0.1, 0.15) is 6.04 Å². The van der Waals surface area contributed by atoms with Crippen molar-refractivity contribution in [2.24, 2.45) is 5.92 Å². The van der Waals surface area contributed by atoms with Gasteiger partial charge >= 0.3 is 0 Å².